The van der Waals surface area contributed by atoms with Gasteiger partial charge in [-0.05, 0) is 54.4 Å². The van der Waals surface area contributed by atoms with Gasteiger partial charge in [-0.1, -0.05) is 0 Å². The van der Waals surface area contributed by atoms with Crippen LogP contribution in [0.5, 0.6) is 0 Å². The quantitative estimate of drug-likeness (QED) is 0.767. The summed E-state index contributed by atoms with van der Waals surface area (Å²) in [5.41, 5.74) is -0.205. The minimum absolute atomic E-state index is 0.0572. The molecule has 4 heteroatoms. The molecular weight excluding hydrogens is 242 g/mol. The van der Waals surface area contributed by atoms with Crippen LogP contribution in [-0.2, 0) is 14.3 Å². The van der Waals surface area contributed by atoms with Gasteiger partial charge in [0.05, 0.1) is 12.6 Å². The van der Waals surface area contributed by atoms with E-state index in [0.717, 1.165) is 12.8 Å². The molecule has 0 amide bonds. The molecule has 0 atom stereocenters. The van der Waals surface area contributed by atoms with Gasteiger partial charge in [-0.3, -0.25) is 14.5 Å². The van der Waals surface area contributed by atoms with Crippen molar-refractivity contribution in [1.82, 2.24) is 4.90 Å². The second kappa shape index (κ2) is 5.71. The highest BCUT2D eigenvalue weighted by Gasteiger charge is 2.45. The average Bonchev–Trinajstić information content (AvgIpc) is 2.19. The predicted octanol–water partition coefficient (Wildman–Crippen LogP) is 2.20. The van der Waals surface area contributed by atoms with Crippen molar-refractivity contribution < 1.29 is 14.3 Å². The molecule has 0 aliphatic carbocycles. The van der Waals surface area contributed by atoms with E-state index in [1.165, 1.54) is 0 Å². The lowest BCUT2D eigenvalue weighted by Gasteiger charge is -2.54. The Morgan fingerprint density at radius 1 is 1.05 bits per heavy atom. The van der Waals surface area contributed by atoms with E-state index in [1.807, 2.05) is 0 Å². The van der Waals surface area contributed by atoms with Gasteiger partial charge in [-0.2, -0.15) is 0 Å². The zero-order chi connectivity index (χ0) is 14.8. The van der Waals surface area contributed by atoms with Crippen molar-refractivity contribution >= 4 is 11.6 Å². The third kappa shape index (κ3) is 4.39. The first-order valence-electron chi connectivity index (χ1n) is 6.93. The molecule has 0 N–H and O–H groups in total. The van der Waals surface area contributed by atoms with E-state index in [9.17, 15) is 9.59 Å². The van der Waals surface area contributed by atoms with E-state index in [1.54, 1.807) is 13.8 Å². The maximum atomic E-state index is 11.5. The number of rotatable bonds is 5. The molecule has 0 radical (unpaired) electrons. The van der Waals surface area contributed by atoms with Crippen molar-refractivity contribution in [2.24, 2.45) is 0 Å². The average molecular weight is 269 g/mol. The Morgan fingerprint density at radius 3 is 1.89 bits per heavy atom. The molecule has 0 aromatic heterocycles. The Balaban J connectivity index is 2.81. The van der Waals surface area contributed by atoms with Crippen molar-refractivity contribution in [3.05, 3.63) is 0 Å². The van der Waals surface area contributed by atoms with Crippen LogP contribution in [0.4, 0.5) is 0 Å². The molecule has 0 bridgehead atoms. The van der Waals surface area contributed by atoms with Gasteiger partial charge in [0.1, 0.15) is 12.4 Å². The molecule has 0 aromatic carbocycles. The SMILES string of the molecule is CC(=O)COC1CC(C)(C)N(CC(C)=O)C(C)(C)C1. The molecule has 0 aromatic rings. The van der Waals surface area contributed by atoms with Crippen LogP contribution in [0.25, 0.3) is 0 Å². The van der Waals surface area contributed by atoms with Crippen molar-refractivity contribution in [3.63, 3.8) is 0 Å². The summed E-state index contributed by atoms with van der Waals surface area (Å²) in [7, 11) is 0. The van der Waals surface area contributed by atoms with Crippen LogP contribution in [0.2, 0.25) is 0 Å². The van der Waals surface area contributed by atoms with Gasteiger partial charge in [0.15, 0.2) is 5.78 Å². The van der Waals surface area contributed by atoms with Crippen molar-refractivity contribution in [1.29, 1.82) is 0 Å². The van der Waals surface area contributed by atoms with E-state index in [0.29, 0.717) is 6.54 Å². The minimum atomic E-state index is -0.102. The Bertz CT molecular complexity index is 342. The molecule has 19 heavy (non-hydrogen) atoms. The van der Waals surface area contributed by atoms with E-state index in [-0.39, 0.29) is 35.4 Å². The van der Waals surface area contributed by atoms with Crippen LogP contribution in [0.3, 0.4) is 0 Å². The summed E-state index contributed by atoms with van der Waals surface area (Å²) in [5, 5.41) is 0. The standard InChI is InChI=1S/C15H27NO3/c1-11(17)9-16-14(3,4)7-13(8-15(16,5)6)19-10-12(2)18/h13H,7-10H2,1-6H3. The van der Waals surface area contributed by atoms with Gasteiger partial charge >= 0.3 is 0 Å². The maximum Gasteiger partial charge on any atom is 0.155 e. The second-order valence-corrected chi connectivity index (χ2v) is 6.96. The molecule has 0 saturated carbocycles. The van der Waals surface area contributed by atoms with Gasteiger partial charge in [-0.25, -0.2) is 0 Å². The second-order valence-electron chi connectivity index (χ2n) is 6.96. The summed E-state index contributed by atoms with van der Waals surface area (Å²) in [6.45, 7) is 12.4. The fourth-order valence-electron chi connectivity index (χ4n) is 3.23. The van der Waals surface area contributed by atoms with E-state index in [4.69, 9.17) is 4.74 Å². The fourth-order valence-corrected chi connectivity index (χ4v) is 3.23. The largest absolute Gasteiger partial charge is 0.370 e. The number of nitrogens with zero attached hydrogens (tertiary/aromatic N) is 1. The first-order chi connectivity index (χ1) is 8.54. The van der Waals surface area contributed by atoms with Crippen molar-refractivity contribution in [3.8, 4) is 0 Å². The number of ether oxygens (including phenoxy) is 1. The summed E-state index contributed by atoms with van der Waals surface area (Å²) in [5.74, 6) is 0.242. The van der Waals surface area contributed by atoms with Crippen molar-refractivity contribution in [2.75, 3.05) is 13.2 Å². The number of carbonyl (C=O) groups is 2. The molecule has 1 saturated heterocycles. The third-order valence-corrected chi connectivity index (χ3v) is 3.82. The molecule has 0 spiro atoms. The fraction of sp³-hybridized carbons (Fsp3) is 0.867. The molecular formula is C15H27NO3. The number of piperidine rings is 1. The van der Waals surface area contributed by atoms with Gasteiger partial charge in [0, 0.05) is 11.1 Å². The van der Waals surface area contributed by atoms with Gasteiger partial charge in [-0.15, -0.1) is 0 Å². The molecule has 1 fully saturated rings. The van der Waals surface area contributed by atoms with Crippen LogP contribution in [-0.4, -0.2) is 46.8 Å². The summed E-state index contributed by atoms with van der Waals surface area (Å²) < 4.78 is 5.71. The van der Waals surface area contributed by atoms with Crippen LogP contribution in [0, 0.1) is 0 Å². The van der Waals surface area contributed by atoms with Gasteiger partial charge in [0.25, 0.3) is 0 Å². The summed E-state index contributed by atoms with van der Waals surface area (Å²) >= 11 is 0. The van der Waals surface area contributed by atoms with Crippen LogP contribution < -0.4 is 0 Å². The lowest BCUT2D eigenvalue weighted by atomic mass is 9.78. The van der Waals surface area contributed by atoms with Crippen molar-refractivity contribution in [2.45, 2.75) is 71.6 Å². The Hall–Kier alpha value is -0.740. The third-order valence-electron chi connectivity index (χ3n) is 3.82. The Labute approximate surface area is 116 Å². The number of Topliss-reactive ketones (excluding diaryl/α,β-unsaturated/α-hetero) is 2. The number of hydrogen-bond acceptors (Lipinski definition) is 4. The topological polar surface area (TPSA) is 46.6 Å². The van der Waals surface area contributed by atoms with Crippen LogP contribution in [0.15, 0.2) is 0 Å². The summed E-state index contributed by atoms with van der Waals surface area (Å²) in [6.07, 6.45) is 1.77. The first kappa shape index (κ1) is 16.3. The molecule has 1 heterocycles. The number of likely N-dealkylation sites (tertiary alicyclic amines) is 1. The van der Waals surface area contributed by atoms with Crippen LogP contribution >= 0.6 is 0 Å². The zero-order valence-electron chi connectivity index (χ0n) is 13.1. The number of hydrogen-bond donors (Lipinski definition) is 0. The van der Waals surface area contributed by atoms with E-state index >= 15 is 0 Å². The predicted molar refractivity (Wildman–Crippen MR) is 75.2 cm³/mol. The Kier molecular flexibility index (Phi) is 4.91. The molecule has 0 unspecified atom stereocenters. The maximum absolute atomic E-state index is 11.5. The lowest BCUT2D eigenvalue weighted by molar-refractivity contribution is -0.138. The number of carbonyl (C=O) groups excluding carboxylic acids is 2. The molecule has 1 rings (SSSR count). The normalized spacial score (nSPS) is 23.3. The molecule has 1 aliphatic rings. The molecule has 1 aliphatic heterocycles. The van der Waals surface area contributed by atoms with Gasteiger partial charge in [0.2, 0.25) is 0 Å². The number of ketones is 2. The molecule has 110 valence electrons. The Morgan fingerprint density at radius 2 is 1.53 bits per heavy atom. The monoisotopic (exact) mass is 269 g/mol. The van der Waals surface area contributed by atoms with E-state index in [2.05, 4.69) is 32.6 Å². The van der Waals surface area contributed by atoms with Gasteiger partial charge < -0.3 is 4.74 Å². The lowest BCUT2D eigenvalue weighted by Crippen LogP contribution is -2.63. The van der Waals surface area contributed by atoms with E-state index < -0.39 is 0 Å². The highest BCUT2D eigenvalue weighted by molar-refractivity contribution is 5.78. The van der Waals surface area contributed by atoms with Crippen LogP contribution in [0.1, 0.15) is 54.4 Å². The summed E-state index contributed by atoms with van der Waals surface area (Å²) in [4.78, 5) is 24.8. The molecule has 4 nitrogen and oxygen atoms in total. The smallest absolute Gasteiger partial charge is 0.155 e. The highest BCUT2D eigenvalue weighted by Crippen LogP contribution is 2.39. The minimum Gasteiger partial charge on any atom is -0.370 e. The highest BCUT2D eigenvalue weighted by atomic mass is 16.5. The summed E-state index contributed by atoms with van der Waals surface area (Å²) in [6, 6.07) is 0. The zero-order valence-corrected chi connectivity index (χ0v) is 13.1. The first-order valence-corrected chi connectivity index (χ1v) is 6.93.